The van der Waals surface area contributed by atoms with Crippen molar-refractivity contribution in [2.45, 2.75) is 6.18 Å². The lowest BCUT2D eigenvalue weighted by Crippen LogP contribution is -2.04. The first-order valence-electron chi connectivity index (χ1n) is 25.6. The summed E-state index contributed by atoms with van der Waals surface area (Å²) in [6.45, 7) is 17.1. The van der Waals surface area contributed by atoms with Gasteiger partial charge in [0.15, 0.2) is 11.4 Å². The topological polar surface area (TPSA) is 28.4 Å². The number of nitrogens with zero attached hydrogens (tertiary/aromatic N) is 6. The Morgan fingerprint density at radius 2 is 0.744 bits per heavy atom. The molecule has 4 heterocycles. The Hall–Kier alpha value is -10.6. The highest BCUT2D eigenvalue weighted by Gasteiger charge is 2.32. The molecule has 0 fully saturated rings. The van der Waals surface area contributed by atoms with E-state index >= 15 is 0 Å². The van der Waals surface area contributed by atoms with Crippen molar-refractivity contribution in [1.29, 1.82) is 0 Å². The molecule has 6 nitrogen and oxygen atoms in total. The first kappa shape index (κ1) is 44.8. The van der Waals surface area contributed by atoms with Gasteiger partial charge in [-0.3, -0.25) is 0 Å². The fourth-order valence-corrected chi connectivity index (χ4v) is 12.3. The fourth-order valence-electron chi connectivity index (χ4n) is 12.3. The first-order chi connectivity index (χ1) is 38.3. The average Bonchev–Trinajstić information content (AvgIpc) is 4.39. The molecule has 0 saturated carbocycles. The number of hydrogen-bond acceptors (Lipinski definition) is 0. The van der Waals surface area contributed by atoms with E-state index in [2.05, 4.69) is 161 Å². The molecule has 0 aliphatic carbocycles. The molecule has 0 bridgehead atoms. The lowest BCUT2D eigenvalue weighted by molar-refractivity contribution is -0.137. The molecule has 0 amide bonds. The third kappa shape index (κ3) is 6.55. The fraction of sp³-hybridized carbons (Fsp3) is 0.0145. The Balaban J connectivity index is 1.08. The van der Waals surface area contributed by atoms with Crippen molar-refractivity contribution in [2.75, 3.05) is 0 Å². The van der Waals surface area contributed by atoms with Crippen molar-refractivity contribution in [3.63, 3.8) is 0 Å². The number of fused-ring (bicyclic) bond motifs is 12. The van der Waals surface area contributed by atoms with E-state index in [1.54, 1.807) is 0 Å². The van der Waals surface area contributed by atoms with Crippen LogP contribution in [0.3, 0.4) is 0 Å². The normalized spacial score (nSPS) is 12.0. The molecule has 0 N–H and O–H groups in total. The molecule has 9 heteroatoms. The van der Waals surface area contributed by atoms with Gasteiger partial charge in [0.25, 0.3) is 0 Å². The lowest BCUT2D eigenvalue weighted by atomic mass is 9.93. The van der Waals surface area contributed by atoms with Crippen LogP contribution in [0.1, 0.15) is 5.56 Å². The summed E-state index contributed by atoms with van der Waals surface area (Å²) in [5, 5.41) is 8.58. The van der Waals surface area contributed by atoms with E-state index in [0.29, 0.717) is 27.9 Å². The maximum Gasteiger partial charge on any atom is 0.415 e. The van der Waals surface area contributed by atoms with Crippen LogP contribution in [0, 0.1) is 13.1 Å². The average molecular weight is 1010 g/mol. The molecule has 15 aromatic rings. The van der Waals surface area contributed by atoms with Crippen molar-refractivity contribution < 1.29 is 13.2 Å². The molecule has 0 radical (unpaired) electrons. The van der Waals surface area contributed by atoms with E-state index in [4.69, 9.17) is 13.1 Å². The first-order valence-corrected chi connectivity index (χ1v) is 25.6. The van der Waals surface area contributed by atoms with Crippen molar-refractivity contribution in [3.05, 3.63) is 265 Å². The second kappa shape index (κ2) is 17.0. The molecular weight excluding hydrogens is 970 g/mol. The van der Waals surface area contributed by atoms with E-state index in [0.717, 1.165) is 122 Å². The molecule has 11 aromatic carbocycles. The second-order valence-corrected chi connectivity index (χ2v) is 19.7. The number of benzene rings is 11. The highest BCUT2D eigenvalue weighted by atomic mass is 19.4. The maximum atomic E-state index is 14.3. The van der Waals surface area contributed by atoms with Gasteiger partial charge in [-0.1, -0.05) is 140 Å². The van der Waals surface area contributed by atoms with Gasteiger partial charge in [-0.15, -0.1) is 0 Å². The molecule has 0 aliphatic heterocycles. The summed E-state index contributed by atoms with van der Waals surface area (Å²) in [7, 11) is 0. The van der Waals surface area contributed by atoms with Crippen LogP contribution >= 0.6 is 0 Å². The molecule has 4 aromatic heterocycles. The van der Waals surface area contributed by atoms with Crippen molar-refractivity contribution >= 4 is 98.6 Å². The summed E-state index contributed by atoms with van der Waals surface area (Å²) in [6, 6.07) is 78.4. The minimum Gasteiger partial charge on any atom is -0.310 e. The molecule has 366 valence electrons. The van der Waals surface area contributed by atoms with E-state index in [1.165, 1.54) is 6.07 Å². The van der Waals surface area contributed by atoms with Gasteiger partial charge >= 0.3 is 6.18 Å². The van der Waals surface area contributed by atoms with Gasteiger partial charge in [0.1, 0.15) is 0 Å². The quantitative estimate of drug-likeness (QED) is 0.149. The molecule has 78 heavy (non-hydrogen) atoms. The molecular formula is C69H39F3N6. The molecule has 0 saturated heterocycles. The number of aromatic nitrogens is 4. The molecule has 0 spiro atoms. The Morgan fingerprint density at radius 3 is 1.22 bits per heavy atom. The van der Waals surface area contributed by atoms with E-state index < -0.39 is 11.7 Å². The largest absolute Gasteiger partial charge is 0.415 e. The van der Waals surface area contributed by atoms with E-state index in [-0.39, 0.29) is 5.69 Å². The summed E-state index contributed by atoms with van der Waals surface area (Å²) in [5.41, 5.74) is 12.9. The van der Waals surface area contributed by atoms with Gasteiger partial charge < -0.3 is 18.3 Å². The van der Waals surface area contributed by atoms with Crippen LogP contribution in [0.15, 0.2) is 237 Å². The summed E-state index contributed by atoms with van der Waals surface area (Å²) in [4.78, 5) is 7.96. The van der Waals surface area contributed by atoms with Crippen LogP contribution in [0.4, 0.5) is 24.5 Å². The van der Waals surface area contributed by atoms with Crippen molar-refractivity contribution in [2.24, 2.45) is 0 Å². The standard InChI is InChI=1S/C69H39F3N6/c1-73-56-26-17-31-63(78-61-30-16-12-25-50(61)54-39-52-48-23-10-14-28-59(48)76(65(52)41-67(54)78)45-20-7-4-8-21-45)68(56)55-36-42(46-34-33-43(69(70,71)72)37-57(46)74-2)32-35-62(55)77-60-29-15-11-24-49(60)53-38-51-47-22-9-13-27-58(47)75(64(51)40-66(53)77)44-18-5-3-6-19-44/h3-41H. The minimum atomic E-state index is -4.64. The number of hydrogen-bond donors (Lipinski definition) is 0. The molecule has 15 rings (SSSR count). The third-order valence-corrected chi connectivity index (χ3v) is 15.6. The van der Waals surface area contributed by atoms with Crippen LogP contribution in [-0.4, -0.2) is 18.3 Å². The van der Waals surface area contributed by atoms with Crippen LogP contribution in [0.2, 0.25) is 0 Å². The van der Waals surface area contributed by atoms with Gasteiger partial charge in [0, 0.05) is 71.3 Å². The van der Waals surface area contributed by atoms with Crippen LogP contribution < -0.4 is 0 Å². The Morgan fingerprint density at radius 1 is 0.308 bits per heavy atom. The number of halogens is 3. The van der Waals surface area contributed by atoms with Gasteiger partial charge in [-0.25, -0.2) is 9.69 Å². The van der Waals surface area contributed by atoms with E-state index in [1.807, 2.05) is 84.9 Å². The second-order valence-electron chi connectivity index (χ2n) is 19.7. The van der Waals surface area contributed by atoms with Crippen LogP contribution in [0.5, 0.6) is 0 Å². The zero-order valence-electron chi connectivity index (χ0n) is 41.3. The molecule has 0 atom stereocenters. The molecule has 0 aliphatic rings. The van der Waals surface area contributed by atoms with Gasteiger partial charge in [-0.05, 0) is 114 Å². The summed E-state index contributed by atoms with van der Waals surface area (Å²) < 4.78 is 51.9. The predicted octanol–water partition coefficient (Wildman–Crippen LogP) is 19.5. The van der Waals surface area contributed by atoms with Gasteiger partial charge in [0.2, 0.25) is 0 Å². The Bertz CT molecular complexity index is 5100. The summed E-state index contributed by atoms with van der Waals surface area (Å²) >= 11 is 0. The third-order valence-electron chi connectivity index (χ3n) is 15.6. The zero-order valence-corrected chi connectivity index (χ0v) is 41.3. The highest BCUT2D eigenvalue weighted by Crippen LogP contribution is 2.49. The Labute approximate surface area is 444 Å². The lowest BCUT2D eigenvalue weighted by Gasteiger charge is -2.21. The number of alkyl halides is 3. The number of para-hydroxylation sites is 6. The van der Waals surface area contributed by atoms with E-state index in [9.17, 15) is 13.2 Å². The van der Waals surface area contributed by atoms with Gasteiger partial charge in [0.05, 0.1) is 63.0 Å². The predicted molar refractivity (Wildman–Crippen MR) is 312 cm³/mol. The number of rotatable bonds is 6. The van der Waals surface area contributed by atoms with Crippen LogP contribution in [0.25, 0.3) is 142 Å². The van der Waals surface area contributed by atoms with Gasteiger partial charge in [-0.2, -0.15) is 13.2 Å². The maximum absolute atomic E-state index is 14.3. The van der Waals surface area contributed by atoms with Crippen LogP contribution in [-0.2, 0) is 6.18 Å². The SMILES string of the molecule is [C-]#[N+]c1cc(C(F)(F)F)ccc1-c1ccc(-n2c3ccccc3c3cc4c5ccccc5n(-c5ccccc5)c4cc32)c(-c2c([N+]#[C-])cccc2-n2c3ccccc3c3cc4c5ccccc5n(-c5ccccc5)c4cc32)c1. The zero-order chi connectivity index (χ0) is 52.4. The summed E-state index contributed by atoms with van der Waals surface area (Å²) in [5.74, 6) is 0. The van der Waals surface area contributed by atoms with Crippen molar-refractivity contribution in [3.8, 4) is 45.0 Å². The molecule has 0 unspecified atom stereocenters. The monoisotopic (exact) mass is 1010 g/mol. The van der Waals surface area contributed by atoms with Crippen molar-refractivity contribution in [1.82, 2.24) is 18.3 Å². The Kier molecular flexibility index (Phi) is 9.75. The summed E-state index contributed by atoms with van der Waals surface area (Å²) in [6.07, 6.45) is -4.64. The minimum absolute atomic E-state index is 0.129. The smallest absolute Gasteiger partial charge is 0.310 e. The highest BCUT2D eigenvalue weighted by molar-refractivity contribution is 6.21.